The zero-order valence-corrected chi connectivity index (χ0v) is 68.1. The quantitative estimate of drug-likeness (QED) is 0.142. The molecule has 0 N–H and O–H groups in total. The Hall–Kier alpha value is -10.2. The molecule has 0 aliphatic heterocycles. The Kier molecular flexibility index (Phi) is 43.5. The second-order valence-corrected chi connectivity index (χ2v) is 21.6. The molecule has 0 aliphatic carbocycles. The highest BCUT2D eigenvalue weighted by molar-refractivity contribution is 7.18. The van der Waals surface area contributed by atoms with E-state index in [1.807, 2.05) is 355 Å². The molecule has 16 aromatic rings. The second-order valence-electron chi connectivity index (χ2n) is 20.4. The van der Waals surface area contributed by atoms with Crippen LogP contribution < -0.4 is 0 Å². The lowest BCUT2D eigenvalue weighted by Crippen LogP contribution is -1.89. The number of aryl methyl sites for hydroxylation is 14. The van der Waals surface area contributed by atoms with Crippen molar-refractivity contribution in [1.29, 1.82) is 0 Å². The summed E-state index contributed by atoms with van der Waals surface area (Å²) in [6.45, 7) is 56.2. The highest BCUT2D eigenvalue weighted by Crippen LogP contribution is 2.21. The summed E-state index contributed by atoms with van der Waals surface area (Å²) in [4.78, 5) is 42.7. The van der Waals surface area contributed by atoms with Crippen LogP contribution in [0.3, 0.4) is 0 Å². The average Bonchev–Trinajstić information content (AvgIpc) is 1.72. The zero-order valence-electron chi connectivity index (χ0n) is 67.3. The van der Waals surface area contributed by atoms with E-state index < -0.39 is 0 Å². The Morgan fingerprint density at radius 3 is 1.01 bits per heavy atom. The van der Waals surface area contributed by atoms with Crippen LogP contribution in [0.25, 0.3) is 66.2 Å². The lowest BCUT2D eigenvalue weighted by atomic mass is 10.3. The zero-order chi connectivity index (χ0) is 77.0. The van der Waals surface area contributed by atoms with E-state index in [1.165, 1.54) is 27.1 Å². The van der Waals surface area contributed by atoms with Crippen molar-refractivity contribution in [2.45, 2.75) is 194 Å². The maximum Gasteiger partial charge on any atom is 0.234 e. The number of aromatic nitrogens is 16. The van der Waals surface area contributed by atoms with Gasteiger partial charge in [-0.15, -0.1) is 11.3 Å². The number of hydrogen-bond acceptors (Lipinski definition) is 12. The van der Waals surface area contributed by atoms with E-state index in [1.54, 1.807) is 23.7 Å². The highest BCUT2D eigenvalue weighted by Gasteiger charge is 2.06. The molecule has 4 aromatic carbocycles. The van der Waals surface area contributed by atoms with E-state index in [9.17, 15) is 0 Å². The third kappa shape index (κ3) is 25.8. The van der Waals surface area contributed by atoms with E-state index in [4.69, 9.17) is 4.42 Å². The maximum absolute atomic E-state index is 5.26. The first-order chi connectivity index (χ1) is 49.4. The average molecular weight is 1400 g/mol. The van der Waals surface area contributed by atoms with Crippen molar-refractivity contribution in [1.82, 2.24) is 76.6 Å². The molecule has 548 valence electrons. The van der Waals surface area contributed by atoms with Gasteiger partial charge in [0.2, 0.25) is 11.6 Å². The molecule has 0 spiro atoms. The molecule has 0 unspecified atom stereocenters. The van der Waals surface area contributed by atoms with Crippen molar-refractivity contribution in [3.63, 3.8) is 0 Å². The number of rotatable bonds is 0. The molecule has 12 heterocycles. The number of imidazole rings is 6. The van der Waals surface area contributed by atoms with Crippen molar-refractivity contribution in [2.75, 3.05) is 0 Å². The van der Waals surface area contributed by atoms with E-state index >= 15 is 0 Å². The number of oxazole rings is 1. The number of benzene rings is 4. The minimum atomic E-state index is 0.723. The van der Waals surface area contributed by atoms with Crippen LogP contribution in [0.5, 0.6) is 0 Å². The Morgan fingerprint density at radius 2 is 0.637 bits per heavy atom. The molecule has 18 heteroatoms. The monoisotopic (exact) mass is 1400 g/mol. The third-order valence-corrected chi connectivity index (χ3v) is 15.5. The number of thiazole rings is 1. The van der Waals surface area contributed by atoms with Gasteiger partial charge in [-0.2, -0.15) is 0 Å². The summed E-state index contributed by atoms with van der Waals surface area (Å²) in [6, 6.07) is 48.1. The number of hydrogen-bond donors (Lipinski definition) is 0. The van der Waals surface area contributed by atoms with Gasteiger partial charge in [0.05, 0.1) is 60.1 Å². The fourth-order valence-electron chi connectivity index (χ4n) is 9.20. The van der Waals surface area contributed by atoms with Crippen molar-refractivity contribution in [3.8, 4) is 0 Å². The molecule has 0 atom stereocenters. The first-order valence-electron chi connectivity index (χ1n) is 36.2. The number of pyridine rings is 2. The Bertz CT molecular complexity index is 4130. The molecule has 0 aliphatic rings. The summed E-state index contributed by atoms with van der Waals surface area (Å²) < 4.78 is 18.9. The summed E-state index contributed by atoms with van der Waals surface area (Å²) in [5, 5.41) is 1.14. The predicted molar refractivity (Wildman–Crippen MR) is 439 cm³/mol. The molecule has 17 nitrogen and oxygen atoms in total. The number of fused-ring (bicyclic) bond motifs is 8. The van der Waals surface area contributed by atoms with Crippen LogP contribution in [-0.4, -0.2) is 76.6 Å². The van der Waals surface area contributed by atoms with Crippen LogP contribution in [0.1, 0.15) is 179 Å². The standard InChI is InChI=1S/4C9H10N2.2C8H9N3.C8H7NO.C8H7NS.8C2H6/c2*1-7-10-8-5-3-4-6-9(8)11(7)2;2*1-7-8(2)11-6-4-3-5-9(11)10-7;2*1-6-7(2)11-5-3-4-9-8(11)10-6;2*1-6-9-7-4-2-3-5-8(7)10-6;8*1-2/h4*3-6H,1-2H3;2*3-5H,1-2H3;2*2-5H,1H3;8*1-2H3. The highest BCUT2D eigenvalue weighted by atomic mass is 32.1. The lowest BCUT2D eigenvalue weighted by Gasteiger charge is -1.93. The van der Waals surface area contributed by atoms with Gasteiger partial charge in [0.25, 0.3) is 0 Å². The topological polar surface area (TPSA) is 170 Å². The van der Waals surface area contributed by atoms with Gasteiger partial charge in [-0.3, -0.25) is 8.80 Å². The summed E-state index contributed by atoms with van der Waals surface area (Å²) in [5.74, 6) is 4.41. The van der Waals surface area contributed by atoms with Gasteiger partial charge in [-0.05, 0) is 161 Å². The second kappa shape index (κ2) is 49.4. The van der Waals surface area contributed by atoms with Gasteiger partial charge in [0.1, 0.15) is 28.5 Å². The first kappa shape index (κ1) is 89.8. The van der Waals surface area contributed by atoms with E-state index in [2.05, 4.69) is 99.8 Å². The van der Waals surface area contributed by atoms with Crippen molar-refractivity contribution in [2.24, 2.45) is 14.1 Å². The van der Waals surface area contributed by atoms with Crippen LogP contribution in [0.2, 0.25) is 0 Å². The number of para-hydroxylation sites is 7. The molecular formula is C84H120N16OS. The third-order valence-electron chi connectivity index (χ3n) is 14.6. The lowest BCUT2D eigenvalue weighted by molar-refractivity contribution is 0.561. The summed E-state index contributed by atoms with van der Waals surface area (Å²) in [7, 11) is 4.06. The Balaban J connectivity index is 0.000000566. The summed E-state index contributed by atoms with van der Waals surface area (Å²) >= 11 is 1.74. The molecule has 0 amide bonds. The van der Waals surface area contributed by atoms with Gasteiger partial charge >= 0.3 is 0 Å². The minimum Gasteiger partial charge on any atom is -0.441 e. The van der Waals surface area contributed by atoms with Crippen LogP contribution >= 0.6 is 11.3 Å². The molecule has 0 bridgehead atoms. The van der Waals surface area contributed by atoms with E-state index in [0.29, 0.717) is 0 Å². The van der Waals surface area contributed by atoms with Crippen LogP contribution in [0.4, 0.5) is 0 Å². The molecule has 16 rings (SSSR count). The molecule has 12 aromatic heterocycles. The number of nitrogens with zero attached hydrogens (tertiary/aromatic N) is 16. The van der Waals surface area contributed by atoms with E-state index in [0.717, 1.165) is 107 Å². The largest absolute Gasteiger partial charge is 0.441 e. The smallest absolute Gasteiger partial charge is 0.234 e. The van der Waals surface area contributed by atoms with Gasteiger partial charge in [-0.1, -0.05) is 171 Å². The van der Waals surface area contributed by atoms with E-state index in [-0.39, 0.29) is 0 Å². The van der Waals surface area contributed by atoms with Crippen molar-refractivity contribution >= 4 is 77.6 Å². The van der Waals surface area contributed by atoms with Crippen LogP contribution in [-0.2, 0) is 14.1 Å². The van der Waals surface area contributed by atoms with Gasteiger partial charge in [0.15, 0.2) is 11.5 Å². The SMILES string of the molecule is CC.CC.CC.CC.CC.CC.CC.CC.Cc1nc2ccccc2n1C.Cc1nc2ccccc2n1C.Cc1nc2ccccc2o1.Cc1nc2ccccc2s1.Cc1nc2ccccn2c1C.Cc1nc2ccccn2c1C.Cc1nc2ncccn2c1C.Cc1nc2ncccn2c1C. The normalized spacial score (nSPS) is 9.47. The maximum atomic E-state index is 5.26. The molecule has 102 heavy (non-hydrogen) atoms. The molecule has 0 saturated heterocycles. The Labute approximate surface area is 614 Å². The molecule has 0 radical (unpaired) electrons. The van der Waals surface area contributed by atoms with Crippen LogP contribution in [0, 0.1) is 83.1 Å². The molecule has 0 saturated carbocycles. The van der Waals surface area contributed by atoms with Crippen molar-refractivity contribution < 1.29 is 4.42 Å². The fraction of sp³-hybridized carbons (Fsp3) is 0.357. The first-order valence-corrected chi connectivity index (χ1v) is 37.0. The Morgan fingerprint density at radius 1 is 0.304 bits per heavy atom. The molecule has 0 fully saturated rings. The van der Waals surface area contributed by atoms with Gasteiger partial charge in [0, 0.05) is 81.0 Å². The van der Waals surface area contributed by atoms with Gasteiger partial charge < -0.3 is 22.4 Å². The van der Waals surface area contributed by atoms with Crippen LogP contribution in [0.15, 0.2) is 187 Å². The predicted octanol–water partition coefficient (Wildman–Crippen LogP) is 23.3. The summed E-state index contributed by atoms with van der Waals surface area (Å²) in [6.07, 6.45) is 11.5. The van der Waals surface area contributed by atoms with Crippen molar-refractivity contribution in [3.05, 3.63) is 251 Å². The van der Waals surface area contributed by atoms with Gasteiger partial charge in [-0.25, -0.2) is 49.8 Å². The molecular weight excluding hydrogens is 1280 g/mol. The fourth-order valence-corrected chi connectivity index (χ4v) is 10.0. The summed E-state index contributed by atoms with van der Waals surface area (Å²) in [5.41, 5.74) is 18.6. The minimum absolute atomic E-state index is 0.723.